The van der Waals surface area contributed by atoms with Gasteiger partial charge in [0.1, 0.15) is 5.69 Å². The SMILES string of the molecule is CC1CC(C)(C)N(C)c2ccc(-c3n[nH]nc3C(N)=O)cc21. The Balaban J connectivity index is 2.10. The standard InChI is InChI=1S/C16H21N5O/c1-9-8-16(2,3)21(4)12-6-5-10(7-11(9)12)13-14(15(17)22)19-20-18-13/h5-7,9H,8H2,1-4H3,(H2,17,22)(H,18,19,20). The summed E-state index contributed by atoms with van der Waals surface area (Å²) in [4.78, 5) is 13.7. The van der Waals surface area contributed by atoms with E-state index < -0.39 is 5.91 Å². The normalized spacial score (nSPS) is 19.8. The van der Waals surface area contributed by atoms with Crippen LogP contribution in [0.5, 0.6) is 0 Å². The minimum Gasteiger partial charge on any atom is -0.369 e. The van der Waals surface area contributed by atoms with Gasteiger partial charge in [-0.1, -0.05) is 13.0 Å². The van der Waals surface area contributed by atoms with Crippen molar-refractivity contribution in [2.75, 3.05) is 11.9 Å². The molecule has 3 N–H and O–H groups in total. The number of aromatic amines is 1. The average molecular weight is 299 g/mol. The molecule has 0 saturated carbocycles. The number of nitrogens with two attached hydrogens (primary N) is 1. The van der Waals surface area contributed by atoms with Crippen molar-refractivity contribution in [2.45, 2.75) is 38.6 Å². The van der Waals surface area contributed by atoms with Gasteiger partial charge in [0.05, 0.1) is 0 Å². The van der Waals surface area contributed by atoms with Crippen LogP contribution in [0.15, 0.2) is 18.2 Å². The maximum absolute atomic E-state index is 11.4. The van der Waals surface area contributed by atoms with E-state index in [4.69, 9.17) is 5.73 Å². The number of rotatable bonds is 2. The van der Waals surface area contributed by atoms with Gasteiger partial charge in [-0.25, -0.2) is 0 Å². The molecule has 1 aromatic carbocycles. The summed E-state index contributed by atoms with van der Waals surface area (Å²) in [5.74, 6) is -0.141. The van der Waals surface area contributed by atoms with Crippen LogP contribution >= 0.6 is 0 Å². The number of carbonyl (C=O) groups is 1. The molecule has 2 aromatic rings. The van der Waals surface area contributed by atoms with E-state index in [0.29, 0.717) is 11.6 Å². The van der Waals surface area contributed by atoms with Crippen molar-refractivity contribution in [3.05, 3.63) is 29.5 Å². The first-order valence-corrected chi connectivity index (χ1v) is 7.40. The summed E-state index contributed by atoms with van der Waals surface area (Å²) in [6.07, 6.45) is 1.07. The molecule has 0 saturated heterocycles. The van der Waals surface area contributed by atoms with Gasteiger partial charge in [0.15, 0.2) is 5.69 Å². The second-order valence-corrected chi connectivity index (χ2v) is 6.64. The highest BCUT2D eigenvalue weighted by Crippen LogP contribution is 2.43. The van der Waals surface area contributed by atoms with Gasteiger partial charge < -0.3 is 10.6 Å². The first kappa shape index (κ1) is 14.6. The van der Waals surface area contributed by atoms with Crippen LogP contribution in [0.25, 0.3) is 11.3 Å². The molecule has 2 heterocycles. The van der Waals surface area contributed by atoms with E-state index in [0.717, 1.165) is 12.0 Å². The minimum absolute atomic E-state index is 0.125. The van der Waals surface area contributed by atoms with Crippen LogP contribution in [0.2, 0.25) is 0 Å². The van der Waals surface area contributed by atoms with Gasteiger partial charge in [-0.15, -0.1) is 0 Å². The van der Waals surface area contributed by atoms with E-state index >= 15 is 0 Å². The van der Waals surface area contributed by atoms with Crippen molar-refractivity contribution >= 4 is 11.6 Å². The molecule has 0 bridgehead atoms. The number of carbonyl (C=O) groups excluding carboxylic acids is 1. The van der Waals surface area contributed by atoms with Crippen LogP contribution < -0.4 is 10.6 Å². The van der Waals surface area contributed by atoms with Crippen molar-refractivity contribution in [1.82, 2.24) is 15.4 Å². The van der Waals surface area contributed by atoms with Crippen LogP contribution in [0.4, 0.5) is 5.69 Å². The average Bonchev–Trinajstić information content (AvgIpc) is 2.93. The molecule has 0 radical (unpaired) electrons. The highest BCUT2D eigenvalue weighted by Gasteiger charge is 2.34. The fourth-order valence-corrected chi connectivity index (χ4v) is 3.33. The molecule has 22 heavy (non-hydrogen) atoms. The summed E-state index contributed by atoms with van der Waals surface area (Å²) >= 11 is 0. The Morgan fingerprint density at radius 1 is 1.41 bits per heavy atom. The number of nitrogens with zero attached hydrogens (tertiary/aromatic N) is 3. The predicted octanol–water partition coefficient (Wildman–Crippen LogP) is 2.29. The molecule has 1 aliphatic rings. The monoisotopic (exact) mass is 299 g/mol. The van der Waals surface area contributed by atoms with E-state index in [2.05, 4.69) is 60.3 Å². The third-order valence-corrected chi connectivity index (χ3v) is 4.69. The zero-order valence-corrected chi connectivity index (χ0v) is 13.3. The minimum atomic E-state index is -0.576. The van der Waals surface area contributed by atoms with Crippen LogP contribution in [0.1, 0.15) is 49.2 Å². The van der Waals surface area contributed by atoms with Crippen molar-refractivity contribution < 1.29 is 4.79 Å². The van der Waals surface area contributed by atoms with E-state index in [1.54, 1.807) is 0 Å². The van der Waals surface area contributed by atoms with Crippen molar-refractivity contribution in [3.8, 4) is 11.3 Å². The van der Waals surface area contributed by atoms with Gasteiger partial charge in [-0.3, -0.25) is 4.79 Å². The Bertz CT molecular complexity index is 734. The fourth-order valence-electron chi connectivity index (χ4n) is 3.33. The van der Waals surface area contributed by atoms with Crippen molar-refractivity contribution in [2.24, 2.45) is 5.73 Å². The Hall–Kier alpha value is -2.37. The smallest absolute Gasteiger partial charge is 0.271 e. The van der Waals surface area contributed by atoms with Crippen molar-refractivity contribution in [3.63, 3.8) is 0 Å². The number of H-pyrrole nitrogens is 1. The van der Waals surface area contributed by atoms with E-state index in [1.165, 1.54) is 11.3 Å². The second-order valence-electron chi connectivity index (χ2n) is 6.64. The summed E-state index contributed by atoms with van der Waals surface area (Å²) in [7, 11) is 2.12. The van der Waals surface area contributed by atoms with Gasteiger partial charge >= 0.3 is 0 Å². The van der Waals surface area contributed by atoms with Gasteiger partial charge in [-0.05, 0) is 43.9 Å². The second kappa shape index (κ2) is 4.83. The zero-order valence-electron chi connectivity index (χ0n) is 13.3. The highest BCUT2D eigenvalue weighted by molar-refractivity contribution is 5.96. The number of fused-ring (bicyclic) bond motifs is 1. The largest absolute Gasteiger partial charge is 0.369 e. The Labute approximate surface area is 129 Å². The molecule has 1 unspecified atom stereocenters. The number of hydrogen-bond acceptors (Lipinski definition) is 4. The van der Waals surface area contributed by atoms with Crippen LogP contribution in [-0.2, 0) is 0 Å². The maximum atomic E-state index is 11.4. The third kappa shape index (κ3) is 2.15. The van der Waals surface area contributed by atoms with Crippen LogP contribution in [-0.4, -0.2) is 33.9 Å². The molecular weight excluding hydrogens is 278 g/mol. The molecule has 1 atom stereocenters. The molecule has 6 nitrogen and oxygen atoms in total. The summed E-state index contributed by atoms with van der Waals surface area (Å²) in [6, 6.07) is 6.14. The summed E-state index contributed by atoms with van der Waals surface area (Å²) in [5.41, 5.74) is 9.50. The number of amides is 1. The Kier molecular flexibility index (Phi) is 3.20. The first-order valence-electron chi connectivity index (χ1n) is 7.40. The van der Waals surface area contributed by atoms with Crippen LogP contribution in [0, 0.1) is 0 Å². The molecule has 1 aromatic heterocycles. The molecule has 116 valence electrons. The molecule has 6 heteroatoms. The molecule has 3 rings (SSSR count). The van der Waals surface area contributed by atoms with Gasteiger partial charge in [0.2, 0.25) is 0 Å². The molecule has 0 aliphatic carbocycles. The summed E-state index contributed by atoms with van der Waals surface area (Å²) < 4.78 is 0. The maximum Gasteiger partial charge on any atom is 0.271 e. The molecule has 0 spiro atoms. The lowest BCUT2D eigenvalue weighted by atomic mass is 9.80. The quantitative estimate of drug-likeness (QED) is 0.890. The Morgan fingerprint density at radius 2 is 2.14 bits per heavy atom. The fraction of sp³-hybridized carbons (Fsp3) is 0.438. The number of primary amides is 1. The van der Waals surface area contributed by atoms with E-state index in [1.807, 2.05) is 6.07 Å². The molecular formula is C16H21N5O. The van der Waals surface area contributed by atoms with Crippen LogP contribution in [0.3, 0.4) is 0 Å². The van der Waals surface area contributed by atoms with Crippen molar-refractivity contribution in [1.29, 1.82) is 0 Å². The number of benzene rings is 1. The predicted molar refractivity (Wildman–Crippen MR) is 85.9 cm³/mol. The summed E-state index contributed by atoms with van der Waals surface area (Å²) in [6.45, 7) is 6.74. The van der Waals surface area contributed by atoms with Gasteiger partial charge in [-0.2, -0.15) is 15.4 Å². The number of nitrogens with one attached hydrogen (secondary N) is 1. The first-order chi connectivity index (χ1) is 10.3. The number of hydrogen-bond donors (Lipinski definition) is 2. The Morgan fingerprint density at radius 3 is 2.82 bits per heavy atom. The summed E-state index contributed by atoms with van der Waals surface area (Å²) in [5, 5.41) is 10.4. The zero-order chi connectivity index (χ0) is 16.1. The third-order valence-electron chi connectivity index (χ3n) is 4.69. The lowest BCUT2D eigenvalue weighted by molar-refractivity contribution is 0.0996. The number of anilines is 1. The van der Waals surface area contributed by atoms with Gasteiger partial charge in [0, 0.05) is 23.8 Å². The lowest BCUT2D eigenvalue weighted by Crippen LogP contribution is -2.45. The topological polar surface area (TPSA) is 87.9 Å². The van der Waals surface area contributed by atoms with E-state index in [9.17, 15) is 4.79 Å². The van der Waals surface area contributed by atoms with E-state index in [-0.39, 0.29) is 11.2 Å². The molecule has 0 fully saturated rings. The molecule has 1 amide bonds. The highest BCUT2D eigenvalue weighted by atomic mass is 16.1. The number of aromatic nitrogens is 3. The lowest BCUT2D eigenvalue weighted by Gasteiger charge is -2.45. The van der Waals surface area contributed by atoms with Gasteiger partial charge in [0.25, 0.3) is 5.91 Å². The molecule has 1 aliphatic heterocycles.